The summed E-state index contributed by atoms with van der Waals surface area (Å²) >= 11 is 3.52. The van der Waals surface area contributed by atoms with Gasteiger partial charge in [0.2, 0.25) is 0 Å². The normalized spacial score (nSPS) is 17.1. The van der Waals surface area contributed by atoms with Gasteiger partial charge in [0.05, 0.1) is 4.83 Å². The number of aryl methyl sites for hydroxylation is 1. The Morgan fingerprint density at radius 1 is 1.44 bits per heavy atom. The molecular weight excluding hydrogens is 264 g/mol. The molecule has 1 aliphatic rings. The van der Waals surface area contributed by atoms with Crippen LogP contribution in [-0.4, -0.2) is 10.6 Å². The van der Waals surface area contributed by atoms with E-state index in [1.54, 1.807) is 0 Å². The number of hydrogen-bond donors (Lipinski definition) is 0. The maximum Gasteiger partial charge on any atom is 0.149 e. The highest BCUT2D eigenvalue weighted by Crippen LogP contribution is 2.33. The highest BCUT2D eigenvalue weighted by molar-refractivity contribution is 9.10. The van der Waals surface area contributed by atoms with Gasteiger partial charge in [0.25, 0.3) is 0 Å². The van der Waals surface area contributed by atoms with Gasteiger partial charge in [-0.2, -0.15) is 0 Å². The molecule has 1 unspecified atom stereocenters. The van der Waals surface area contributed by atoms with Gasteiger partial charge in [-0.15, -0.1) is 0 Å². The second kappa shape index (κ2) is 5.13. The van der Waals surface area contributed by atoms with E-state index in [-0.39, 0.29) is 4.83 Å². The molecule has 0 saturated heterocycles. The fourth-order valence-electron chi connectivity index (χ4n) is 1.91. The van der Waals surface area contributed by atoms with Gasteiger partial charge in [0.15, 0.2) is 0 Å². The van der Waals surface area contributed by atoms with E-state index in [1.807, 2.05) is 0 Å². The molecule has 0 radical (unpaired) electrons. The average molecular weight is 281 g/mol. The Bertz CT molecular complexity index is 382. The van der Waals surface area contributed by atoms with E-state index in [1.165, 1.54) is 11.1 Å². The Hall–Kier alpha value is -0.630. The fourth-order valence-corrected chi connectivity index (χ4v) is 2.66. The van der Waals surface area contributed by atoms with Crippen LogP contribution in [0.4, 0.5) is 0 Å². The van der Waals surface area contributed by atoms with Crippen molar-refractivity contribution in [3.05, 3.63) is 35.4 Å². The van der Waals surface area contributed by atoms with Gasteiger partial charge in [0, 0.05) is 5.92 Å². The Balaban J connectivity index is 1.99. The van der Waals surface area contributed by atoms with Gasteiger partial charge in [-0.25, -0.2) is 0 Å². The van der Waals surface area contributed by atoms with Crippen LogP contribution in [0.15, 0.2) is 24.3 Å². The van der Waals surface area contributed by atoms with Crippen molar-refractivity contribution in [1.29, 1.82) is 0 Å². The van der Waals surface area contributed by atoms with Crippen LogP contribution < -0.4 is 0 Å². The predicted octanol–water partition coefficient (Wildman–Crippen LogP) is 3.53. The maximum absolute atomic E-state index is 11.8. The van der Waals surface area contributed by atoms with Crippen molar-refractivity contribution in [2.45, 2.75) is 37.4 Å². The lowest BCUT2D eigenvalue weighted by Gasteiger charge is -2.09. The lowest BCUT2D eigenvalue weighted by molar-refractivity contribution is -0.119. The predicted molar refractivity (Wildman–Crippen MR) is 70.0 cm³/mol. The lowest BCUT2D eigenvalue weighted by atomic mass is 10.0. The standard InChI is InChI=1S/C14H17BrO/c1-2-10-4-3-5-11(8-10)9-13(15)14(16)12-6-7-12/h3-5,8,12-13H,2,6-7,9H2,1H3. The topological polar surface area (TPSA) is 17.1 Å². The van der Waals surface area contributed by atoms with Crippen molar-refractivity contribution in [2.24, 2.45) is 5.92 Å². The molecule has 0 amide bonds. The summed E-state index contributed by atoms with van der Waals surface area (Å²) < 4.78 is 0. The first-order valence-electron chi connectivity index (χ1n) is 5.96. The van der Waals surface area contributed by atoms with Crippen molar-refractivity contribution >= 4 is 21.7 Å². The van der Waals surface area contributed by atoms with Crippen molar-refractivity contribution in [1.82, 2.24) is 0 Å². The van der Waals surface area contributed by atoms with Gasteiger partial charge in [0.1, 0.15) is 5.78 Å². The van der Waals surface area contributed by atoms with E-state index in [4.69, 9.17) is 0 Å². The molecule has 0 spiro atoms. The van der Waals surface area contributed by atoms with E-state index in [2.05, 4.69) is 47.1 Å². The third-order valence-corrected chi connectivity index (χ3v) is 3.88. The van der Waals surface area contributed by atoms with Crippen LogP contribution >= 0.6 is 15.9 Å². The average Bonchev–Trinajstić information content (AvgIpc) is 3.12. The highest BCUT2D eigenvalue weighted by Gasteiger charge is 2.33. The van der Waals surface area contributed by atoms with Gasteiger partial charge in [-0.05, 0) is 36.8 Å². The number of ketones is 1. The third kappa shape index (κ3) is 2.94. The molecule has 1 fully saturated rings. The van der Waals surface area contributed by atoms with E-state index in [0.717, 1.165) is 25.7 Å². The first-order chi connectivity index (χ1) is 7.70. The first kappa shape index (κ1) is 11.8. The second-order valence-electron chi connectivity index (χ2n) is 4.52. The Kier molecular flexibility index (Phi) is 3.80. The third-order valence-electron chi connectivity index (χ3n) is 3.10. The molecule has 1 nitrogen and oxygen atoms in total. The molecule has 0 aliphatic heterocycles. The molecule has 2 heteroatoms. The molecule has 0 heterocycles. The summed E-state index contributed by atoms with van der Waals surface area (Å²) in [7, 11) is 0. The first-order valence-corrected chi connectivity index (χ1v) is 6.88. The highest BCUT2D eigenvalue weighted by atomic mass is 79.9. The number of Topliss-reactive ketones (excluding diaryl/α,β-unsaturated/α-hetero) is 1. The lowest BCUT2D eigenvalue weighted by Crippen LogP contribution is -2.18. The summed E-state index contributed by atoms with van der Waals surface area (Å²) in [6.45, 7) is 2.15. The molecule has 1 atom stereocenters. The maximum atomic E-state index is 11.8. The summed E-state index contributed by atoms with van der Waals surface area (Å²) in [6, 6.07) is 8.52. The fraction of sp³-hybridized carbons (Fsp3) is 0.500. The summed E-state index contributed by atoms with van der Waals surface area (Å²) in [5, 5.41) is 0. The second-order valence-corrected chi connectivity index (χ2v) is 5.63. The minimum Gasteiger partial charge on any atom is -0.298 e. The number of alkyl halides is 1. The molecule has 1 aromatic rings. The molecule has 0 N–H and O–H groups in total. The van der Waals surface area contributed by atoms with Crippen LogP contribution in [0.5, 0.6) is 0 Å². The minimum atomic E-state index is 0.00658. The molecule has 1 aromatic carbocycles. The van der Waals surface area contributed by atoms with E-state index >= 15 is 0 Å². The number of carbonyl (C=O) groups is 1. The number of rotatable bonds is 5. The largest absolute Gasteiger partial charge is 0.298 e. The van der Waals surface area contributed by atoms with Crippen LogP contribution in [0.25, 0.3) is 0 Å². The van der Waals surface area contributed by atoms with Crippen molar-refractivity contribution in [3.8, 4) is 0 Å². The number of carbonyl (C=O) groups excluding carboxylic acids is 1. The quantitative estimate of drug-likeness (QED) is 0.754. The van der Waals surface area contributed by atoms with Crippen LogP contribution in [-0.2, 0) is 17.6 Å². The monoisotopic (exact) mass is 280 g/mol. The number of halogens is 1. The van der Waals surface area contributed by atoms with E-state index in [0.29, 0.717) is 11.7 Å². The van der Waals surface area contributed by atoms with E-state index < -0.39 is 0 Å². The molecule has 1 saturated carbocycles. The molecule has 16 heavy (non-hydrogen) atoms. The zero-order valence-corrected chi connectivity index (χ0v) is 11.2. The molecule has 86 valence electrons. The van der Waals surface area contributed by atoms with Gasteiger partial charge >= 0.3 is 0 Å². The van der Waals surface area contributed by atoms with Crippen molar-refractivity contribution in [2.75, 3.05) is 0 Å². The molecule has 2 rings (SSSR count). The zero-order chi connectivity index (χ0) is 11.5. The smallest absolute Gasteiger partial charge is 0.149 e. The number of benzene rings is 1. The molecule has 0 bridgehead atoms. The SMILES string of the molecule is CCc1cccc(CC(Br)C(=O)C2CC2)c1. The van der Waals surface area contributed by atoms with Crippen LogP contribution in [0.2, 0.25) is 0 Å². The minimum absolute atomic E-state index is 0.00658. The van der Waals surface area contributed by atoms with Crippen LogP contribution in [0.1, 0.15) is 30.9 Å². The Morgan fingerprint density at radius 3 is 2.75 bits per heavy atom. The van der Waals surface area contributed by atoms with Crippen molar-refractivity contribution in [3.63, 3.8) is 0 Å². The van der Waals surface area contributed by atoms with Crippen LogP contribution in [0.3, 0.4) is 0 Å². The molecular formula is C14H17BrO. The Morgan fingerprint density at radius 2 is 2.12 bits per heavy atom. The van der Waals surface area contributed by atoms with Crippen molar-refractivity contribution < 1.29 is 4.79 Å². The number of hydrogen-bond acceptors (Lipinski definition) is 1. The van der Waals surface area contributed by atoms with Crippen LogP contribution in [0, 0.1) is 5.92 Å². The van der Waals surface area contributed by atoms with Gasteiger partial charge < -0.3 is 0 Å². The zero-order valence-electron chi connectivity index (χ0n) is 9.58. The van der Waals surface area contributed by atoms with Gasteiger partial charge in [-0.3, -0.25) is 4.79 Å². The molecule has 0 aromatic heterocycles. The summed E-state index contributed by atoms with van der Waals surface area (Å²) in [5.74, 6) is 0.737. The van der Waals surface area contributed by atoms with Gasteiger partial charge in [-0.1, -0.05) is 47.1 Å². The summed E-state index contributed by atoms with van der Waals surface area (Å²) in [6.07, 6.45) is 4.06. The summed E-state index contributed by atoms with van der Waals surface area (Å²) in [4.78, 5) is 11.8. The molecule has 1 aliphatic carbocycles. The van der Waals surface area contributed by atoms with E-state index in [9.17, 15) is 4.79 Å². The summed E-state index contributed by atoms with van der Waals surface area (Å²) in [5.41, 5.74) is 2.60. The Labute approximate surface area is 105 Å².